The first-order valence-corrected chi connectivity index (χ1v) is 18.2. The SMILES string of the molecule is CC1=CCC[C@@]2(C)[C@@H](CC[C@@]2(O)CSc2n[nH]c(-c3ccncc3)n2)c2ccc(cc2C(=O)c2cc3ccccc3s2)C[C@@H](O)CC1. The van der Waals surface area contributed by atoms with Crippen molar-refractivity contribution in [2.24, 2.45) is 5.41 Å². The van der Waals surface area contributed by atoms with E-state index in [-0.39, 0.29) is 11.7 Å². The van der Waals surface area contributed by atoms with E-state index in [0.717, 1.165) is 52.5 Å². The number of aliphatic hydroxyl groups excluding tert-OH is 1. The Morgan fingerprint density at radius 3 is 2.74 bits per heavy atom. The highest BCUT2D eigenvalue weighted by Gasteiger charge is 2.56. The molecule has 3 heterocycles. The molecular weight excluding hydrogens is 625 g/mol. The topological polar surface area (TPSA) is 112 Å². The smallest absolute Gasteiger partial charge is 0.208 e. The number of ketones is 1. The van der Waals surface area contributed by atoms with E-state index in [1.54, 1.807) is 12.4 Å². The molecule has 3 aromatic heterocycles. The largest absolute Gasteiger partial charge is 0.393 e. The molecule has 0 aliphatic heterocycles. The Morgan fingerprint density at radius 2 is 1.91 bits per heavy atom. The van der Waals surface area contributed by atoms with Gasteiger partial charge >= 0.3 is 0 Å². The van der Waals surface area contributed by atoms with Gasteiger partial charge in [-0.25, -0.2) is 4.98 Å². The van der Waals surface area contributed by atoms with Gasteiger partial charge in [0.15, 0.2) is 5.82 Å². The lowest BCUT2D eigenvalue weighted by molar-refractivity contribution is -0.0422. The minimum Gasteiger partial charge on any atom is -0.393 e. The van der Waals surface area contributed by atoms with Crippen LogP contribution in [0.2, 0.25) is 0 Å². The van der Waals surface area contributed by atoms with Crippen molar-refractivity contribution in [1.82, 2.24) is 20.2 Å². The number of nitrogens with zero attached hydrogens (tertiary/aromatic N) is 3. The second kappa shape index (κ2) is 13.1. The number of rotatable bonds is 6. The summed E-state index contributed by atoms with van der Waals surface area (Å²) in [6, 6.07) is 20.1. The molecule has 4 atom stereocenters. The van der Waals surface area contributed by atoms with E-state index in [9.17, 15) is 15.0 Å². The summed E-state index contributed by atoms with van der Waals surface area (Å²) < 4.78 is 1.09. The first-order chi connectivity index (χ1) is 22.7. The Labute approximate surface area is 283 Å². The number of benzene rings is 2. The van der Waals surface area contributed by atoms with Crippen LogP contribution in [0.25, 0.3) is 21.5 Å². The number of nitrogens with one attached hydrogen (secondary N) is 1. The van der Waals surface area contributed by atoms with Crippen LogP contribution in [0, 0.1) is 5.41 Å². The zero-order chi connectivity index (χ0) is 32.6. The number of allylic oxidation sites excluding steroid dienone is 2. The molecule has 2 bridgehead atoms. The van der Waals surface area contributed by atoms with E-state index in [0.29, 0.717) is 46.4 Å². The Hall–Kier alpha value is -3.63. The highest BCUT2D eigenvalue weighted by atomic mass is 32.2. The third kappa shape index (κ3) is 6.34. The third-order valence-corrected chi connectivity index (χ3v) is 12.6. The van der Waals surface area contributed by atoms with Gasteiger partial charge in [0.2, 0.25) is 10.9 Å². The number of thiophene rings is 1. The molecule has 7 nitrogen and oxygen atoms in total. The van der Waals surface area contributed by atoms with Gasteiger partial charge in [0.05, 0.1) is 16.6 Å². The van der Waals surface area contributed by atoms with Crippen molar-refractivity contribution in [3.63, 3.8) is 0 Å². The van der Waals surface area contributed by atoms with Crippen LogP contribution in [0.4, 0.5) is 0 Å². The highest BCUT2D eigenvalue weighted by molar-refractivity contribution is 7.99. The summed E-state index contributed by atoms with van der Waals surface area (Å²) in [5.74, 6) is 1.10. The molecular formula is C38H40N4O3S2. The molecule has 242 valence electrons. The number of pyridine rings is 1. The van der Waals surface area contributed by atoms with Crippen molar-refractivity contribution in [3.05, 3.63) is 106 Å². The average Bonchev–Trinajstić information content (AvgIpc) is 3.80. The highest BCUT2D eigenvalue weighted by Crippen LogP contribution is 2.59. The van der Waals surface area contributed by atoms with Gasteiger partial charge in [-0.15, -0.1) is 16.4 Å². The summed E-state index contributed by atoms with van der Waals surface area (Å²) in [5, 5.41) is 32.7. The summed E-state index contributed by atoms with van der Waals surface area (Å²) in [5.41, 5.74) is 3.29. The molecule has 0 spiro atoms. The number of thioether (sulfide) groups is 1. The normalized spacial score (nSPS) is 25.0. The molecule has 2 aromatic carbocycles. The monoisotopic (exact) mass is 664 g/mol. The predicted octanol–water partition coefficient (Wildman–Crippen LogP) is 8.14. The lowest BCUT2D eigenvalue weighted by atomic mass is 9.65. The van der Waals surface area contributed by atoms with Crippen LogP contribution < -0.4 is 0 Å². The van der Waals surface area contributed by atoms with Gasteiger partial charge in [-0.2, -0.15) is 0 Å². The lowest BCUT2D eigenvalue weighted by Gasteiger charge is -2.44. The molecule has 0 radical (unpaired) electrons. The van der Waals surface area contributed by atoms with E-state index >= 15 is 0 Å². The first-order valence-electron chi connectivity index (χ1n) is 16.4. The molecule has 3 aliphatic rings. The summed E-state index contributed by atoms with van der Waals surface area (Å²) in [6.45, 7) is 4.35. The van der Waals surface area contributed by atoms with Crippen molar-refractivity contribution < 1.29 is 15.0 Å². The van der Waals surface area contributed by atoms with E-state index in [2.05, 4.69) is 53.3 Å². The number of aliphatic hydroxyl groups is 2. The van der Waals surface area contributed by atoms with Gasteiger partial charge in [0, 0.05) is 39.4 Å². The summed E-state index contributed by atoms with van der Waals surface area (Å²) in [7, 11) is 0. The molecule has 9 heteroatoms. The van der Waals surface area contributed by atoms with Gasteiger partial charge in [-0.3, -0.25) is 14.9 Å². The fourth-order valence-electron chi connectivity index (χ4n) is 7.53. The Kier molecular flexibility index (Phi) is 8.91. The van der Waals surface area contributed by atoms with Gasteiger partial charge in [0.25, 0.3) is 0 Å². The molecule has 47 heavy (non-hydrogen) atoms. The van der Waals surface area contributed by atoms with Gasteiger partial charge in [-0.1, -0.05) is 60.7 Å². The number of H-pyrrole nitrogens is 1. The zero-order valence-corrected chi connectivity index (χ0v) is 28.4. The van der Waals surface area contributed by atoms with Gasteiger partial charge in [0.1, 0.15) is 0 Å². The molecule has 1 saturated carbocycles. The predicted molar refractivity (Wildman–Crippen MR) is 189 cm³/mol. The van der Waals surface area contributed by atoms with E-state index < -0.39 is 17.1 Å². The maximum atomic E-state index is 14.4. The van der Waals surface area contributed by atoms with Crippen LogP contribution >= 0.6 is 23.1 Å². The van der Waals surface area contributed by atoms with Gasteiger partial charge in [-0.05, 0) is 105 Å². The van der Waals surface area contributed by atoms with Crippen LogP contribution in [0.1, 0.15) is 84.7 Å². The molecule has 0 unspecified atom stereocenters. The number of aromatic amines is 1. The number of carbonyl (C=O) groups excluding carboxylic acids is 1. The Balaban J connectivity index is 1.25. The molecule has 3 aliphatic carbocycles. The van der Waals surface area contributed by atoms with Crippen LogP contribution in [0.3, 0.4) is 0 Å². The quantitative estimate of drug-likeness (QED) is 0.0954. The number of hydrogen-bond donors (Lipinski definition) is 3. The standard InChI is InChI=1S/C38H40N4O3S2/c1-24-6-5-16-37(2)31(13-17-38(37,45)23-46-36-40-35(41-42-36)26-14-18-39-19-15-26)29-12-10-25(20-28(43)11-9-24)21-30(29)34(44)33-22-27-7-3-4-8-32(27)47-33/h3-4,6-8,10,12,14-15,18-19,21-22,28,31,43,45H,5,9,11,13,16-17,20,23H2,1-2H3,(H,40,41,42)/t28-,31-,37-,38+/m0/s1. The molecule has 3 N–H and O–H groups in total. The van der Waals surface area contributed by atoms with E-state index in [4.69, 9.17) is 4.98 Å². The maximum Gasteiger partial charge on any atom is 0.208 e. The number of aromatic nitrogens is 4. The molecule has 1 fully saturated rings. The fourth-order valence-corrected chi connectivity index (χ4v) is 9.66. The minimum atomic E-state index is -1.01. The zero-order valence-electron chi connectivity index (χ0n) is 26.8. The number of carbonyl (C=O) groups is 1. The van der Waals surface area contributed by atoms with Crippen molar-refractivity contribution in [3.8, 4) is 11.4 Å². The second-order valence-corrected chi connectivity index (χ2v) is 15.4. The molecule has 0 amide bonds. The Bertz CT molecular complexity index is 1900. The first kappa shape index (κ1) is 31.9. The van der Waals surface area contributed by atoms with Crippen molar-refractivity contribution in [2.75, 3.05) is 5.75 Å². The minimum absolute atomic E-state index is 0.0110. The van der Waals surface area contributed by atoms with Crippen LogP contribution in [-0.2, 0) is 6.42 Å². The summed E-state index contributed by atoms with van der Waals surface area (Å²) >= 11 is 3.00. The van der Waals surface area contributed by atoms with E-state index in [1.807, 2.05) is 42.5 Å². The molecule has 0 saturated heterocycles. The second-order valence-electron chi connectivity index (χ2n) is 13.4. The lowest BCUT2D eigenvalue weighted by Crippen LogP contribution is -2.46. The Morgan fingerprint density at radius 1 is 1.09 bits per heavy atom. The van der Waals surface area contributed by atoms with Crippen molar-refractivity contribution in [1.29, 1.82) is 0 Å². The summed E-state index contributed by atoms with van der Waals surface area (Å²) in [6.07, 6.45) is 10.2. The van der Waals surface area contributed by atoms with Crippen molar-refractivity contribution in [2.45, 2.75) is 81.6 Å². The number of fused-ring (bicyclic) bond motifs is 9. The van der Waals surface area contributed by atoms with Crippen LogP contribution in [-0.4, -0.2) is 53.6 Å². The van der Waals surface area contributed by atoms with Gasteiger partial charge < -0.3 is 10.2 Å². The van der Waals surface area contributed by atoms with Crippen LogP contribution in [0.5, 0.6) is 0 Å². The van der Waals surface area contributed by atoms with Crippen LogP contribution in [0.15, 0.2) is 89.9 Å². The summed E-state index contributed by atoms with van der Waals surface area (Å²) in [4.78, 5) is 23.9. The fraction of sp³-hybridized carbons (Fsp3) is 0.368. The van der Waals surface area contributed by atoms with Crippen molar-refractivity contribution >= 4 is 39.0 Å². The maximum absolute atomic E-state index is 14.4. The number of hydrogen-bond acceptors (Lipinski definition) is 8. The molecule has 8 rings (SSSR count). The molecule has 5 aromatic rings. The van der Waals surface area contributed by atoms with E-state index in [1.165, 1.54) is 28.7 Å². The third-order valence-electron chi connectivity index (χ3n) is 10.4. The average molecular weight is 665 g/mol.